The van der Waals surface area contributed by atoms with E-state index in [1.807, 2.05) is 26.8 Å². The molecule has 0 spiro atoms. The quantitative estimate of drug-likeness (QED) is 0.884. The zero-order chi connectivity index (χ0) is 14.9. The average Bonchev–Trinajstić information content (AvgIpc) is 2.36. The minimum atomic E-state index is -0.545. The minimum absolute atomic E-state index is 0.138. The van der Waals surface area contributed by atoms with Crippen molar-refractivity contribution in [2.75, 3.05) is 0 Å². The molecule has 1 unspecified atom stereocenters. The summed E-state index contributed by atoms with van der Waals surface area (Å²) in [6, 6.07) is 11.1. The van der Waals surface area contributed by atoms with Gasteiger partial charge in [-0.15, -0.1) is 0 Å². The smallest absolute Gasteiger partial charge is 0.142 e. The van der Waals surface area contributed by atoms with E-state index in [0.29, 0.717) is 6.42 Å². The van der Waals surface area contributed by atoms with Crippen molar-refractivity contribution < 1.29 is 4.39 Å². The second-order valence-electron chi connectivity index (χ2n) is 5.66. The first-order chi connectivity index (χ1) is 9.29. The summed E-state index contributed by atoms with van der Waals surface area (Å²) in [5.74, 6) is -0.402. The number of hydrogen-bond acceptors (Lipinski definition) is 1. The molecule has 0 radical (unpaired) electrons. The lowest BCUT2D eigenvalue weighted by Gasteiger charge is -2.28. The Hall–Kier alpha value is -1.38. The molecule has 2 N–H and O–H groups in total. The third-order valence-corrected chi connectivity index (χ3v) is 3.87. The van der Waals surface area contributed by atoms with Gasteiger partial charge in [-0.1, -0.05) is 41.4 Å². The van der Waals surface area contributed by atoms with E-state index in [1.54, 1.807) is 6.07 Å². The number of aryl methyl sites for hydroxylation is 2. The van der Waals surface area contributed by atoms with Crippen molar-refractivity contribution in [1.29, 1.82) is 0 Å². The Bertz CT molecular complexity index is 635. The van der Waals surface area contributed by atoms with Gasteiger partial charge in [0.05, 0.1) is 5.02 Å². The molecule has 0 aromatic heterocycles. The molecule has 2 rings (SSSR count). The van der Waals surface area contributed by atoms with E-state index in [2.05, 4.69) is 18.2 Å². The van der Waals surface area contributed by atoms with Crippen LogP contribution >= 0.6 is 11.6 Å². The topological polar surface area (TPSA) is 26.0 Å². The van der Waals surface area contributed by atoms with Gasteiger partial charge in [0, 0.05) is 5.54 Å². The molecular weight excluding hydrogens is 273 g/mol. The second kappa shape index (κ2) is 5.55. The standard InChI is InChI=1S/C17H19ClFN/c1-11-4-5-12(2)14(8-11)17(3,20)10-13-6-7-15(18)16(19)9-13/h4-9H,10,20H2,1-3H3. The molecule has 0 saturated heterocycles. The van der Waals surface area contributed by atoms with Crippen LogP contribution in [0.4, 0.5) is 4.39 Å². The molecule has 0 heterocycles. The second-order valence-corrected chi connectivity index (χ2v) is 6.07. The molecule has 0 aliphatic heterocycles. The molecule has 2 aromatic carbocycles. The molecule has 0 aliphatic rings. The summed E-state index contributed by atoms with van der Waals surface area (Å²) in [6.45, 7) is 6.06. The van der Waals surface area contributed by atoms with Crippen molar-refractivity contribution in [3.8, 4) is 0 Å². The Morgan fingerprint density at radius 2 is 1.85 bits per heavy atom. The van der Waals surface area contributed by atoms with Crippen molar-refractivity contribution in [1.82, 2.24) is 0 Å². The van der Waals surface area contributed by atoms with Crippen molar-refractivity contribution in [2.24, 2.45) is 5.73 Å². The van der Waals surface area contributed by atoms with Crippen LogP contribution in [0, 0.1) is 19.7 Å². The SMILES string of the molecule is Cc1ccc(C)c(C(C)(N)Cc2ccc(Cl)c(F)c2)c1. The monoisotopic (exact) mass is 291 g/mol. The summed E-state index contributed by atoms with van der Waals surface area (Å²) >= 11 is 5.71. The maximum Gasteiger partial charge on any atom is 0.142 e. The van der Waals surface area contributed by atoms with Crippen LogP contribution in [0.15, 0.2) is 36.4 Å². The summed E-state index contributed by atoms with van der Waals surface area (Å²) in [6.07, 6.45) is 0.561. The van der Waals surface area contributed by atoms with E-state index in [1.165, 1.54) is 11.6 Å². The highest BCUT2D eigenvalue weighted by Crippen LogP contribution is 2.27. The van der Waals surface area contributed by atoms with Gasteiger partial charge in [0.2, 0.25) is 0 Å². The minimum Gasteiger partial charge on any atom is -0.321 e. The number of rotatable bonds is 3. The normalized spacial score (nSPS) is 14.1. The molecule has 0 amide bonds. The van der Waals surface area contributed by atoms with Crippen LogP contribution in [-0.4, -0.2) is 0 Å². The van der Waals surface area contributed by atoms with E-state index in [0.717, 1.165) is 16.7 Å². The van der Waals surface area contributed by atoms with Crippen LogP contribution in [0.3, 0.4) is 0 Å². The molecule has 3 heteroatoms. The first-order valence-corrected chi connectivity index (χ1v) is 6.98. The molecule has 106 valence electrons. The predicted molar refractivity (Wildman–Crippen MR) is 82.6 cm³/mol. The van der Waals surface area contributed by atoms with Gasteiger partial charge in [0.15, 0.2) is 0 Å². The highest BCUT2D eigenvalue weighted by Gasteiger charge is 2.24. The summed E-state index contributed by atoms with van der Waals surface area (Å²) in [4.78, 5) is 0. The maximum atomic E-state index is 13.5. The average molecular weight is 292 g/mol. The lowest BCUT2D eigenvalue weighted by atomic mass is 9.83. The fraction of sp³-hybridized carbons (Fsp3) is 0.294. The number of halogens is 2. The van der Waals surface area contributed by atoms with Crippen LogP contribution < -0.4 is 5.73 Å². The van der Waals surface area contributed by atoms with Gasteiger partial charge >= 0.3 is 0 Å². The van der Waals surface area contributed by atoms with Crippen molar-refractivity contribution >= 4 is 11.6 Å². The Morgan fingerprint density at radius 1 is 1.15 bits per heavy atom. The van der Waals surface area contributed by atoms with E-state index >= 15 is 0 Å². The summed E-state index contributed by atoms with van der Waals surface area (Å²) in [5.41, 5.74) is 10.2. The highest BCUT2D eigenvalue weighted by atomic mass is 35.5. The molecule has 0 saturated carbocycles. The fourth-order valence-electron chi connectivity index (χ4n) is 2.52. The summed E-state index contributed by atoms with van der Waals surface area (Å²) in [5, 5.41) is 0.138. The number of benzene rings is 2. The van der Waals surface area contributed by atoms with E-state index in [-0.39, 0.29) is 5.02 Å². The zero-order valence-corrected chi connectivity index (χ0v) is 12.8. The third kappa shape index (κ3) is 3.20. The Morgan fingerprint density at radius 3 is 2.50 bits per heavy atom. The Labute approximate surface area is 124 Å². The van der Waals surface area contributed by atoms with E-state index in [9.17, 15) is 4.39 Å². The molecule has 1 nitrogen and oxygen atoms in total. The number of nitrogens with two attached hydrogens (primary N) is 1. The molecule has 0 aliphatic carbocycles. The molecule has 2 aromatic rings. The van der Waals surface area contributed by atoms with Gasteiger partial charge in [0.1, 0.15) is 5.82 Å². The predicted octanol–water partition coefficient (Wildman–Crippen LogP) is 4.51. The van der Waals surface area contributed by atoms with Crippen molar-refractivity contribution in [3.63, 3.8) is 0 Å². The van der Waals surface area contributed by atoms with E-state index in [4.69, 9.17) is 17.3 Å². The van der Waals surface area contributed by atoms with Gasteiger partial charge in [-0.3, -0.25) is 0 Å². The van der Waals surface area contributed by atoms with Crippen LogP contribution in [0.2, 0.25) is 5.02 Å². The fourth-order valence-corrected chi connectivity index (χ4v) is 2.64. The Balaban J connectivity index is 2.34. The van der Waals surface area contributed by atoms with Gasteiger partial charge in [-0.25, -0.2) is 4.39 Å². The van der Waals surface area contributed by atoms with Crippen LogP contribution in [0.1, 0.15) is 29.2 Å². The van der Waals surface area contributed by atoms with Gasteiger partial charge in [-0.05, 0) is 56.0 Å². The molecule has 20 heavy (non-hydrogen) atoms. The number of hydrogen-bond donors (Lipinski definition) is 1. The third-order valence-electron chi connectivity index (χ3n) is 3.56. The van der Waals surface area contributed by atoms with Gasteiger partial charge < -0.3 is 5.73 Å². The van der Waals surface area contributed by atoms with Crippen LogP contribution in [-0.2, 0) is 12.0 Å². The van der Waals surface area contributed by atoms with Crippen LogP contribution in [0.5, 0.6) is 0 Å². The van der Waals surface area contributed by atoms with E-state index < -0.39 is 11.4 Å². The molecular formula is C17H19ClFN. The van der Waals surface area contributed by atoms with Crippen molar-refractivity contribution in [3.05, 3.63) is 69.5 Å². The highest BCUT2D eigenvalue weighted by molar-refractivity contribution is 6.30. The molecule has 1 atom stereocenters. The zero-order valence-electron chi connectivity index (χ0n) is 12.0. The first kappa shape index (κ1) is 15.0. The largest absolute Gasteiger partial charge is 0.321 e. The van der Waals surface area contributed by atoms with Gasteiger partial charge in [-0.2, -0.15) is 0 Å². The van der Waals surface area contributed by atoms with Crippen LogP contribution in [0.25, 0.3) is 0 Å². The molecule has 0 fully saturated rings. The first-order valence-electron chi connectivity index (χ1n) is 6.60. The maximum absolute atomic E-state index is 13.5. The molecule has 0 bridgehead atoms. The summed E-state index contributed by atoms with van der Waals surface area (Å²) in [7, 11) is 0. The lowest BCUT2D eigenvalue weighted by molar-refractivity contribution is 0.486. The van der Waals surface area contributed by atoms with Gasteiger partial charge in [0.25, 0.3) is 0 Å². The lowest BCUT2D eigenvalue weighted by Crippen LogP contribution is -2.36. The van der Waals surface area contributed by atoms with Crippen molar-refractivity contribution in [2.45, 2.75) is 32.7 Å². The Kier molecular flexibility index (Phi) is 4.17. The summed E-state index contributed by atoms with van der Waals surface area (Å²) < 4.78 is 13.5.